The number of carbonyl (C=O) groups excluding carboxylic acids is 2. The van der Waals surface area contributed by atoms with Gasteiger partial charge in [0.2, 0.25) is 0 Å². The zero-order valence-electron chi connectivity index (χ0n) is 16.8. The van der Waals surface area contributed by atoms with Gasteiger partial charge in [0, 0.05) is 30.1 Å². The largest absolute Gasteiger partial charge is 0.507 e. The Bertz CT molecular complexity index is 925. The van der Waals surface area contributed by atoms with Gasteiger partial charge in [0.1, 0.15) is 11.5 Å². The maximum Gasteiger partial charge on any atom is 0.295 e. The fourth-order valence-corrected chi connectivity index (χ4v) is 3.55. The highest BCUT2D eigenvalue weighted by Crippen LogP contribution is 2.42. The lowest BCUT2D eigenvalue weighted by molar-refractivity contribution is -0.140. The summed E-state index contributed by atoms with van der Waals surface area (Å²) in [6.45, 7) is 1.16. The second-order valence-corrected chi connectivity index (χ2v) is 7.13. The summed E-state index contributed by atoms with van der Waals surface area (Å²) in [7, 11) is 5.45. The Kier molecular flexibility index (Phi) is 6.29. The molecule has 0 aliphatic carbocycles. The molecule has 2 heterocycles. The third-order valence-corrected chi connectivity index (χ3v) is 4.93. The average molecular weight is 395 g/mol. The summed E-state index contributed by atoms with van der Waals surface area (Å²) in [5.74, 6) is -0.968. The number of ketones is 1. The second-order valence-electron chi connectivity index (χ2n) is 7.13. The van der Waals surface area contributed by atoms with Crippen molar-refractivity contribution in [3.63, 3.8) is 0 Å². The molecule has 0 unspecified atom stereocenters. The van der Waals surface area contributed by atoms with Crippen molar-refractivity contribution in [1.29, 1.82) is 0 Å². The number of hydrogen-bond acceptors (Lipinski definition) is 6. The van der Waals surface area contributed by atoms with Gasteiger partial charge in [-0.3, -0.25) is 14.6 Å². The number of hydrogen-bond donors (Lipinski definition) is 1. The van der Waals surface area contributed by atoms with Crippen LogP contribution in [0.1, 0.15) is 23.6 Å². The van der Waals surface area contributed by atoms with Crippen LogP contribution in [-0.4, -0.2) is 65.9 Å². The van der Waals surface area contributed by atoms with Gasteiger partial charge in [0.15, 0.2) is 0 Å². The molecule has 1 N–H and O–H groups in total. The molecular weight excluding hydrogens is 370 g/mol. The van der Waals surface area contributed by atoms with Crippen molar-refractivity contribution in [2.24, 2.45) is 0 Å². The number of benzene rings is 1. The van der Waals surface area contributed by atoms with Crippen LogP contribution in [0.3, 0.4) is 0 Å². The molecule has 7 nitrogen and oxygen atoms in total. The first-order valence-electron chi connectivity index (χ1n) is 9.42. The van der Waals surface area contributed by atoms with E-state index in [1.807, 2.05) is 37.2 Å². The van der Waals surface area contributed by atoms with Crippen molar-refractivity contribution in [2.45, 2.75) is 12.5 Å². The zero-order chi connectivity index (χ0) is 21.0. The van der Waals surface area contributed by atoms with Crippen LogP contribution in [-0.2, 0) is 9.59 Å². The summed E-state index contributed by atoms with van der Waals surface area (Å²) in [6.07, 6.45) is 3.75. The Hall–Kier alpha value is -3.19. The fourth-order valence-electron chi connectivity index (χ4n) is 3.55. The number of amides is 1. The van der Waals surface area contributed by atoms with E-state index < -0.39 is 17.7 Å². The molecule has 1 aromatic carbocycles. The number of nitrogens with zero attached hydrogens (tertiary/aromatic N) is 3. The van der Waals surface area contributed by atoms with Crippen LogP contribution in [0.25, 0.3) is 5.76 Å². The summed E-state index contributed by atoms with van der Waals surface area (Å²) < 4.78 is 5.48. The average Bonchev–Trinajstić information content (AvgIpc) is 2.98. The monoisotopic (exact) mass is 395 g/mol. The lowest BCUT2D eigenvalue weighted by atomic mass is 9.95. The Morgan fingerprint density at radius 3 is 2.52 bits per heavy atom. The van der Waals surface area contributed by atoms with Crippen molar-refractivity contribution in [3.05, 3.63) is 65.5 Å². The first-order valence-corrected chi connectivity index (χ1v) is 9.42. The smallest absolute Gasteiger partial charge is 0.295 e. The number of Topliss-reactive ketones (excluding diaryl/α,β-unsaturated/α-hetero) is 1. The van der Waals surface area contributed by atoms with Crippen molar-refractivity contribution in [3.8, 4) is 5.75 Å². The van der Waals surface area contributed by atoms with Gasteiger partial charge in [0.25, 0.3) is 11.7 Å². The van der Waals surface area contributed by atoms with E-state index in [1.54, 1.807) is 25.3 Å². The minimum atomic E-state index is -0.721. The van der Waals surface area contributed by atoms with Crippen molar-refractivity contribution in [2.75, 3.05) is 34.3 Å². The number of ether oxygens (including phenoxy) is 1. The molecule has 0 spiro atoms. The third-order valence-electron chi connectivity index (χ3n) is 4.93. The van der Waals surface area contributed by atoms with Crippen LogP contribution in [0.4, 0.5) is 0 Å². The van der Waals surface area contributed by atoms with Gasteiger partial charge in [-0.05, 0) is 45.3 Å². The number of pyridine rings is 1. The van der Waals surface area contributed by atoms with Crippen molar-refractivity contribution < 1.29 is 19.4 Å². The van der Waals surface area contributed by atoms with E-state index in [0.29, 0.717) is 29.8 Å². The van der Waals surface area contributed by atoms with E-state index in [9.17, 15) is 14.7 Å². The molecule has 1 atom stereocenters. The van der Waals surface area contributed by atoms with Gasteiger partial charge in [0.05, 0.1) is 18.7 Å². The molecule has 29 heavy (non-hydrogen) atoms. The van der Waals surface area contributed by atoms with Crippen molar-refractivity contribution >= 4 is 17.4 Å². The zero-order valence-corrected chi connectivity index (χ0v) is 16.8. The van der Waals surface area contributed by atoms with Crippen molar-refractivity contribution in [1.82, 2.24) is 14.8 Å². The molecule has 0 bridgehead atoms. The molecule has 1 amide bonds. The normalized spacial score (nSPS) is 18.5. The van der Waals surface area contributed by atoms with E-state index in [4.69, 9.17) is 4.74 Å². The molecule has 7 heteroatoms. The second kappa shape index (κ2) is 8.87. The highest BCUT2D eigenvalue weighted by Gasteiger charge is 2.46. The third kappa shape index (κ3) is 4.14. The predicted molar refractivity (Wildman–Crippen MR) is 109 cm³/mol. The van der Waals surface area contributed by atoms with Gasteiger partial charge < -0.3 is 19.6 Å². The summed E-state index contributed by atoms with van der Waals surface area (Å²) in [6, 6.07) is 9.73. The van der Waals surface area contributed by atoms with Crippen LogP contribution in [0.2, 0.25) is 0 Å². The van der Waals surface area contributed by atoms with E-state index in [2.05, 4.69) is 4.98 Å². The standard InChI is InChI=1S/C22H25N3O4/c1-24(2)13-6-14-25-19(16-7-4-5-8-17(16)29-3)18(21(27)22(25)28)20(26)15-9-11-23-12-10-15/h4-5,7-12,19,26H,6,13-14H2,1-3H3/b20-18+/t19-/m0/s1. The Morgan fingerprint density at radius 1 is 1.17 bits per heavy atom. The highest BCUT2D eigenvalue weighted by atomic mass is 16.5. The molecule has 0 radical (unpaired) electrons. The van der Waals surface area contributed by atoms with Gasteiger partial charge >= 0.3 is 0 Å². The number of carbonyl (C=O) groups is 2. The minimum Gasteiger partial charge on any atom is -0.507 e. The summed E-state index contributed by atoms with van der Waals surface area (Å²) in [4.78, 5) is 33.3. The molecule has 1 fully saturated rings. The number of aromatic nitrogens is 1. The Labute approximate surface area is 170 Å². The maximum absolute atomic E-state index is 12.9. The number of likely N-dealkylation sites (tertiary alicyclic amines) is 1. The van der Waals surface area contributed by atoms with E-state index in [0.717, 1.165) is 6.54 Å². The van der Waals surface area contributed by atoms with Gasteiger partial charge in [-0.1, -0.05) is 18.2 Å². The topological polar surface area (TPSA) is 83.0 Å². The number of para-hydroxylation sites is 1. The molecule has 2 aromatic rings. The maximum atomic E-state index is 12.9. The van der Waals surface area contributed by atoms with Crippen LogP contribution in [0, 0.1) is 0 Å². The SMILES string of the molecule is COc1ccccc1[C@H]1/C(=C(\O)c2ccncc2)C(=O)C(=O)N1CCCN(C)C. The number of aliphatic hydroxyl groups is 1. The predicted octanol–water partition coefficient (Wildman–Crippen LogP) is 2.46. The summed E-state index contributed by atoms with van der Waals surface area (Å²) >= 11 is 0. The fraction of sp³-hybridized carbons (Fsp3) is 0.318. The summed E-state index contributed by atoms with van der Waals surface area (Å²) in [5.41, 5.74) is 1.16. The highest BCUT2D eigenvalue weighted by molar-refractivity contribution is 6.46. The van der Waals surface area contributed by atoms with Gasteiger partial charge in [-0.2, -0.15) is 0 Å². The molecule has 1 aromatic heterocycles. The molecule has 1 aliphatic heterocycles. The first kappa shape index (κ1) is 20.5. The number of aliphatic hydroxyl groups excluding tert-OH is 1. The van der Waals surface area contributed by atoms with Gasteiger partial charge in [-0.15, -0.1) is 0 Å². The lowest BCUT2D eigenvalue weighted by Gasteiger charge is -2.27. The van der Waals surface area contributed by atoms with Crippen LogP contribution in [0.5, 0.6) is 5.75 Å². The van der Waals surface area contributed by atoms with E-state index >= 15 is 0 Å². The quantitative estimate of drug-likeness (QED) is 0.441. The molecule has 152 valence electrons. The summed E-state index contributed by atoms with van der Waals surface area (Å²) in [5, 5.41) is 10.9. The molecular formula is C22H25N3O4. The molecule has 3 rings (SSSR count). The molecule has 1 aliphatic rings. The van der Waals surface area contributed by atoms with E-state index in [1.165, 1.54) is 17.3 Å². The number of rotatable bonds is 7. The van der Waals surface area contributed by atoms with Gasteiger partial charge in [-0.25, -0.2) is 0 Å². The van der Waals surface area contributed by atoms with Crippen LogP contribution >= 0.6 is 0 Å². The number of methoxy groups -OCH3 is 1. The minimum absolute atomic E-state index is 0.0653. The van der Waals surface area contributed by atoms with Crippen LogP contribution in [0.15, 0.2) is 54.4 Å². The molecule has 1 saturated heterocycles. The Balaban J connectivity index is 2.13. The van der Waals surface area contributed by atoms with E-state index in [-0.39, 0.29) is 11.3 Å². The Morgan fingerprint density at radius 2 is 1.86 bits per heavy atom. The molecule has 0 saturated carbocycles. The first-order chi connectivity index (χ1) is 14.0. The van der Waals surface area contributed by atoms with Crippen LogP contribution < -0.4 is 4.74 Å². The lowest BCUT2D eigenvalue weighted by Crippen LogP contribution is -2.32.